The number of nitrogens with two attached hydrogens (primary N) is 1. The Morgan fingerprint density at radius 1 is 0.882 bits per heavy atom. The average molecular weight is 482 g/mol. The van der Waals surface area contributed by atoms with Crippen molar-refractivity contribution in [2.24, 2.45) is 17.6 Å². The summed E-state index contributed by atoms with van der Waals surface area (Å²) < 4.78 is 25.1. The van der Waals surface area contributed by atoms with E-state index in [-0.39, 0.29) is 49.2 Å². The van der Waals surface area contributed by atoms with E-state index in [4.69, 9.17) is 24.7 Å². The van der Waals surface area contributed by atoms with Gasteiger partial charge in [0.25, 0.3) is 0 Å². The fourth-order valence-electron chi connectivity index (χ4n) is 2.73. The molecule has 10 nitrogen and oxygen atoms in total. The molecule has 1 aromatic carbocycles. The van der Waals surface area contributed by atoms with Crippen LogP contribution in [-0.2, 0) is 35.0 Å². The molecule has 0 aromatic heterocycles. The second kappa shape index (κ2) is 14.2. The molecule has 0 radical (unpaired) electrons. The molecule has 0 aliphatic rings. The minimum absolute atomic E-state index is 0.0695. The number of hydrogen-bond acceptors (Lipinski definition) is 10. The molecule has 0 unspecified atom stereocenters. The summed E-state index contributed by atoms with van der Waals surface area (Å²) in [6, 6.07) is 3.59. The molecule has 0 amide bonds. The lowest BCUT2D eigenvalue weighted by Crippen LogP contribution is -2.36. The van der Waals surface area contributed by atoms with Crippen LogP contribution in [-0.4, -0.2) is 49.9 Å². The van der Waals surface area contributed by atoms with Crippen molar-refractivity contribution in [1.29, 1.82) is 0 Å². The molecule has 0 bridgehead atoms. The Kier molecular flexibility index (Phi) is 12.1. The molecule has 190 valence electrons. The number of rotatable bonds is 12. The maximum Gasteiger partial charge on any atom is 0.508 e. The van der Waals surface area contributed by atoms with Gasteiger partial charge in [-0.2, -0.15) is 0 Å². The van der Waals surface area contributed by atoms with Crippen molar-refractivity contribution >= 4 is 24.1 Å². The summed E-state index contributed by atoms with van der Waals surface area (Å²) in [7, 11) is 1.17. The number of benzene rings is 1. The van der Waals surface area contributed by atoms with Crippen LogP contribution in [0.3, 0.4) is 0 Å². The highest BCUT2D eigenvalue weighted by Crippen LogP contribution is 2.30. The van der Waals surface area contributed by atoms with E-state index in [9.17, 15) is 19.2 Å². The van der Waals surface area contributed by atoms with Gasteiger partial charge >= 0.3 is 24.1 Å². The van der Waals surface area contributed by atoms with Gasteiger partial charge in [-0.05, 0) is 42.9 Å². The number of ether oxygens (including phenoxy) is 5. The van der Waals surface area contributed by atoms with Crippen LogP contribution in [0.2, 0.25) is 0 Å². The number of esters is 3. The third-order valence-corrected chi connectivity index (χ3v) is 4.29. The second-order valence-corrected chi connectivity index (χ2v) is 8.75. The smallest absolute Gasteiger partial charge is 0.461 e. The first-order valence-corrected chi connectivity index (χ1v) is 11.1. The van der Waals surface area contributed by atoms with Gasteiger partial charge in [0.15, 0.2) is 11.5 Å². The summed E-state index contributed by atoms with van der Waals surface area (Å²) in [5.41, 5.74) is 6.52. The summed E-state index contributed by atoms with van der Waals surface area (Å²) >= 11 is 0. The first-order chi connectivity index (χ1) is 15.9. The molecule has 34 heavy (non-hydrogen) atoms. The van der Waals surface area contributed by atoms with E-state index in [2.05, 4.69) is 4.74 Å². The molecule has 0 aliphatic heterocycles. The molecule has 0 saturated carbocycles. The minimum Gasteiger partial charge on any atom is -0.461 e. The van der Waals surface area contributed by atoms with Gasteiger partial charge in [0.1, 0.15) is 18.8 Å². The van der Waals surface area contributed by atoms with Gasteiger partial charge in [0, 0.05) is 12.8 Å². The van der Waals surface area contributed by atoms with Crippen LogP contribution < -0.4 is 15.2 Å². The summed E-state index contributed by atoms with van der Waals surface area (Å²) in [5, 5.41) is 0. The van der Waals surface area contributed by atoms with Gasteiger partial charge < -0.3 is 29.4 Å². The third kappa shape index (κ3) is 11.1. The molecule has 10 heteroatoms. The summed E-state index contributed by atoms with van der Waals surface area (Å²) in [6.07, 6.45) is -1.14. The third-order valence-electron chi connectivity index (χ3n) is 4.29. The highest BCUT2D eigenvalue weighted by molar-refractivity contribution is 5.77. The normalized spacial score (nSPS) is 12.6. The SMILES string of the molecule is COC(=O)O[C@@H](C)COC(=O)[C@@H](N)Cc1ccc(OC(=O)CC(C)C)c(OC(=O)CC(C)C)c1. The highest BCUT2D eigenvalue weighted by atomic mass is 16.7. The molecule has 2 atom stereocenters. The van der Waals surface area contributed by atoms with Gasteiger partial charge in [0.05, 0.1) is 7.11 Å². The van der Waals surface area contributed by atoms with Crippen molar-refractivity contribution in [2.45, 2.75) is 66.0 Å². The van der Waals surface area contributed by atoms with Crippen molar-refractivity contribution in [2.75, 3.05) is 13.7 Å². The predicted molar refractivity (Wildman–Crippen MR) is 122 cm³/mol. The standard InChI is InChI=1S/C24H35NO9/c1-14(2)9-21(26)33-19-8-7-17(12-20(19)34-22(27)10-15(3)4)11-18(25)23(28)31-13-16(5)32-24(29)30-6/h7-8,12,14-16,18H,9-11,13,25H2,1-6H3/t16-,18-/m0/s1. The van der Waals surface area contributed by atoms with Crippen LogP contribution in [0.4, 0.5) is 4.79 Å². The van der Waals surface area contributed by atoms with Crippen LogP contribution in [0.5, 0.6) is 11.5 Å². The average Bonchev–Trinajstić information content (AvgIpc) is 2.72. The predicted octanol–water partition coefficient (Wildman–Crippen LogP) is 3.17. The van der Waals surface area contributed by atoms with Crippen molar-refractivity contribution in [3.8, 4) is 11.5 Å². The Balaban J connectivity index is 2.89. The van der Waals surface area contributed by atoms with Crippen LogP contribution >= 0.6 is 0 Å². The van der Waals surface area contributed by atoms with Crippen molar-refractivity contribution in [3.63, 3.8) is 0 Å². The van der Waals surface area contributed by atoms with Gasteiger partial charge in [-0.15, -0.1) is 0 Å². The first-order valence-electron chi connectivity index (χ1n) is 11.1. The molecule has 0 spiro atoms. The van der Waals surface area contributed by atoms with E-state index in [1.165, 1.54) is 26.2 Å². The molecular formula is C24H35NO9. The molecule has 0 fully saturated rings. The Morgan fingerprint density at radius 3 is 1.97 bits per heavy atom. The molecule has 1 rings (SSSR count). The lowest BCUT2D eigenvalue weighted by Gasteiger charge is -2.16. The maximum atomic E-state index is 12.2. The minimum atomic E-state index is -1.03. The summed E-state index contributed by atoms with van der Waals surface area (Å²) in [6.45, 7) is 8.87. The van der Waals surface area contributed by atoms with Gasteiger partial charge in [-0.1, -0.05) is 33.8 Å². The van der Waals surface area contributed by atoms with E-state index in [1.807, 2.05) is 27.7 Å². The molecule has 0 aliphatic carbocycles. The Bertz CT molecular complexity index is 851. The second-order valence-electron chi connectivity index (χ2n) is 8.75. The monoisotopic (exact) mass is 481 g/mol. The zero-order valence-corrected chi connectivity index (χ0v) is 20.6. The van der Waals surface area contributed by atoms with E-state index >= 15 is 0 Å². The molecule has 0 saturated heterocycles. The van der Waals surface area contributed by atoms with Crippen LogP contribution in [0.1, 0.15) is 53.0 Å². The molecule has 0 heterocycles. The lowest BCUT2D eigenvalue weighted by atomic mass is 10.1. The van der Waals surface area contributed by atoms with E-state index in [0.717, 1.165) is 0 Å². The topological polar surface area (TPSA) is 140 Å². The highest BCUT2D eigenvalue weighted by Gasteiger charge is 2.21. The summed E-state index contributed by atoms with van der Waals surface area (Å²) in [4.78, 5) is 47.7. The zero-order chi connectivity index (χ0) is 25.8. The van der Waals surface area contributed by atoms with Crippen molar-refractivity contribution in [1.82, 2.24) is 0 Å². The van der Waals surface area contributed by atoms with Gasteiger partial charge in [-0.25, -0.2) is 4.79 Å². The lowest BCUT2D eigenvalue weighted by molar-refractivity contribution is -0.148. The van der Waals surface area contributed by atoms with E-state index in [1.54, 1.807) is 6.07 Å². The van der Waals surface area contributed by atoms with Crippen LogP contribution in [0, 0.1) is 11.8 Å². The quantitative estimate of drug-likeness (QED) is 0.349. The number of carbonyl (C=O) groups excluding carboxylic acids is 4. The largest absolute Gasteiger partial charge is 0.508 e. The maximum absolute atomic E-state index is 12.2. The van der Waals surface area contributed by atoms with Crippen molar-refractivity contribution in [3.05, 3.63) is 23.8 Å². The first kappa shape index (κ1) is 28.9. The number of methoxy groups -OCH3 is 1. The molecule has 1 aromatic rings. The van der Waals surface area contributed by atoms with Crippen LogP contribution in [0.15, 0.2) is 18.2 Å². The number of hydrogen-bond donors (Lipinski definition) is 1. The Morgan fingerprint density at radius 2 is 1.44 bits per heavy atom. The Labute approximate surface area is 200 Å². The van der Waals surface area contributed by atoms with Gasteiger partial charge in [-0.3, -0.25) is 14.4 Å². The fourth-order valence-corrected chi connectivity index (χ4v) is 2.73. The fraction of sp³-hybridized carbons (Fsp3) is 0.583. The van der Waals surface area contributed by atoms with Crippen LogP contribution in [0.25, 0.3) is 0 Å². The molecular weight excluding hydrogens is 446 g/mol. The zero-order valence-electron chi connectivity index (χ0n) is 20.6. The molecule has 2 N–H and O–H groups in total. The van der Waals surface area contributed by atoms with Crippen molar-refractivity contribution < 1.29 is 42.9 Å². The van der Waals surface area contributed by atoms with E-state index in [0.29, 0.717) is 5.56 Å². The van der Waals surface area contributed by atoms with E-state index < -0.39 is 36.2 Å². The summed E-state index contributed by atoms with van der Waals surface area (Å²) in [5.74, 6) is -1.27. The van der Waals surface area contributed by atoms with Gasteiger partial charge in [0.2, 0.25) is 0 Å². The Hall–Kier alpha value is -3.14. The number of carbonyl (C=O) groups is 4.